The van der Waals surface area contributed by atoms with Crippen molar-refractivity contribution in [3.8, 4) is 0 Å². The molecule has 1 aliphatic rings. The number of nitrogens with zero attached hydrogens (tertiary/aromatic N) is 1. The van der Waals surface area contributed by atoms with Gasteiger partial charge in [-0.3, -0.25) is 4.79 Å². The van der Waals surface area contributed by atoms with Crippen LogP contribution in [0.15, 0.2) is 27.6 Å². The van der Waals surface area contributed by atoms with Gasteiger partial charge in [0.2, 0.25) is 5.91 Å². The standard InChI is InChI=1S/C12H15BrN2O3S/c1-15(9-3-4-9)12(16)7-19(17,18)11-5-2-8(13)6-10(11)14/h2,5-6,9H,3-4,7,14H2,1H3. The van der Waals surface area contributed by atoms with Gasteiger partial charge in [0.1, 0.15) is 5.75 Å². The Morgan fingerprint density at radius 3 is 2.63 bits per heavy atom. The first-order chi connectivity index (χ1) is 8.81. The van der Waals surface area contributed by atoms with Gasteiger partial charge >= 0.3 is 0 Å². The van der Waals surface area contributed by atoms with Gasteiger partial charge in [0.05, 0.1) is 10.6 Å². The number of hydrogen-bond acceptors (Lipinski definition) is 4. The molecule has 1 amide bonds. The highest BCUT2D eigenvalue weighted by molar-refractivity contribution is 9.10. The molecular formula is C12H15BrN2O3S. The highest BCUT2D eigenvalue weighted by Gasteiger charge is 2.32. The molecule has 1 aromatic carbocycles. The van der Waals surface area contributed by atoms with E-state index in [9.17, 15) is 13.2 Å². The number of nitrogens with two attached hydrogens (primary N) is 1. The van der Waals surface area contributed by atoms with Crippen LogP contribution in [0, 0.1) is 0 Å². The van der Waals surface area contributed by atoms with Crippen molar-refractivity contribution in [2.45, 2.75) is 23.8 Å². The fourth-order valence-corrected chi connectivity index (χ4v) is 3.57. The first kappa shape index (κ1) is 14.3. The van der Waals surface area contributed by atoms with Crippen LogP contribution in [0.25, 0.3) is 0 Å². The third-order valence-corrected chi connectivity index (χ3v) is 5.27. The second-order valence-electron chi connectivity index (χ2n) is 4.68. The molecule has 0 bridgehead atoms. The van der Waals surface area contributed by atoms with Crippen molar-refractivity contribution in [3.63, 3.8) is 0 Å². The normalized spacial score (nSPS) is 15.3. The Bertz CT molecular complexity index is 611. The summed E-state index contributed by atoms with van der Waals surface area (Å²) in [5.74, 6) is -0.920. The molecule has 0 aliphatic heterocycles. The van der Waals surface area contributed by atoms with Crippen LogP contribution in [0.3, 0.4) is 0 Å². The van der Waals surface area contributed by atoms with Crippen molar-refractivity contribution in [2.75, 3.05) is 18.5 Å². The number of hydrogen-bond donors (Lipinski definition) is 1. The first-order valence-electron chi connectivity index (χ1n) is 5.85. The van der Waals surface area contributed by atoms with Gasteiger partial charge in [0.15, 0.2) is 9.84 Å². The Balaban J connectivity index is 2.20. The number of nitrogen functional groups attached to an aromatic ring is 1. The van der Waals surface area contributed by atoms with Crippen molar-refractivity contribution in [1.82, 2.24) is 4.90 Å². The number of rotatable bonds is 4. The van der Waals surface area contributed by atoms with Gasteiger partial charge in [0.25, 0.3) is 0 Å². The fourth-order valence-electron chi connectivity index (χ4n) is 1.81. The van der Waals surface area contributed by atoms with Crippen molar-refractivity contribution < 1.29 is 13.2 Å². The largest absolute Gasteiger partial charge is 0.398 e. The Labute approximate surface area is 120 Å². The Hall–Kier alpha value is -1.08. The predicted molar refractivity (Wildman–Crippen MR) is 76.4 cm³/mol. The van der Waals surface area contributed by atoms with Gasteiger partial charge in [-0.15, -0.1) is 0 Å². The maximum atomic E-state index is 12.2. The summed E-state index contributed by atoms with van der Waals surface area (Å²) in [6.45, 7) is 0. The van der Waals surface area contributed by atoms with Gasteiger partial charge in [-0.2, -0.15) is 0 Å². The summed E-state index contributed by atoms with van der Waals surface area (Å²) in [4.78, 5) is 13.4. The molecule has 0 spiro atoms. The van der Waals surface area contributed by atoms with E-state index in [1.165, 1.54) is 17.0 Å². The number of carbonyl (C=O) groups is 1. The zero-order valence-corrected chi connectivity index (χ0v) is 12.9. The molecule has 0 heterocycles. The highest BCUT2D eigenvalue weighted by atomic mass is 79.9. The average Bonchev–Trinajstić information content (AvgIpc) is 3.10. The molecule has 19 heavy (non-hydrogen) atoms. The van der Waals surface area contributed by atoms with Gasteiger partial charge in [-0.25, -0.2) is 8.42 Å². The lowest BCUT2D eigenvalue weighted by Crippen LogP contribution is -2.34. The third-order valence-electron chi connectivity index (χ3n) is 3.11. The summed E-state index contributed by atoms with van der Waals surface area (Å²) in [7, 11) is -2.06. The zero-order valence-electron chi connectivity index (χ0n) is 10.5. The minimum atomic E-state index is -3.69. The molecule has 0 radical (unpaired) electrons. The average molecular weight is 347 g/mol. The monoisotopic (exact) mass is 346 g/mol. The zero-order chi connectivity index (χ0) is 14.2. The lowest BCUT2D eigenvalue weighted by molar-refractivity contribution is -0.127. The molecule has 1 saturated carbocycles. The number of amides is 1. The minimum absolute atomic E-state index is 0.00764. The van der Waals surface area contributed by atoms with E-state index >= 15 is 0 Å². The van der Waals surface area contributed by atoms with Gasteiger partial charge in [0, 0.05) is 17.6 Å². The molecule has 1 aromatic rings. The molecule has 0 atom stereocenters. The molecule has 2 N–H and O–H groups in total. The molecule has 0 unspecified atom stereocenters. The topological polar surface area (TPSA) is 80.5 Å². The Kier molecular flexibility index (Phi) is 3.87. The van der Waals surface area contributed by atoms with Crippen molar-refractivity contribution in [3.05, 3.63) is 22.7 Å². The highest BCUT2D eigenvalue weighted by Crippen LogP contribution is 2.27. The molecule has 0 aromatic heterocycles. The third kappa shape index (κ3) is 3.27. The summed E-state index contributed by atoms with van der Waals surface area (Å²) in [6, 6.07) is 4.73. The van der Waals surface area contributed by atoms with Crippen LogP contribution in [-0.2, 0) is 14.6 Å². The van der Waals surface area contributed by atoms with E-state index in [2.05, 4.69) is 15.9 Å². The van der Waals surface area contributed by atoms with Crippen LogP contribution in [0.1, 0.15) is 12.8 Å². The predicted octanol–water partition coefficient (Wildman–Crippen LogP) is 1.43. The van der Waals surface area contributed by atoms with E-state index in [0.29, 0.717) is 4.47 Å². The fraction of sp³-hybridized carbons (Fsp3) is 0.417. The SMILES string of the molecule is CN(C(=O)CS(=O)(=O)c1ccc(Br)cc1N)C1CC1. The number of carbonyl (C=O) groups excluding carboxylic acids is 1. The molecule has 0 saturated heterocycles. The second-order valence-corrected chi connectivity index (χ2v) is 7.55. The molecule has 1 aliphatic carbocycles. The van der Waals surface area contributed by atoms with Crippen LogP contribution in [0.2, 0.25) is 0 Å². The van der Waals surface area contributed by atoms with Crippen LogP contribution >= 0.6 is 15.9 Å². The summed E-state index contributed by atoms with van der Waals surface area (Å²) in [5.41, 5.74) is 5.85. The summed E-state index contributed by atoms with van der Waals surface area (Å²) in [6.07, 6.45) is 1.89. The first-order valence-corrected chi connectivity index (χ1v) is 8.29. The van der Waals surface area contributed by atoms with E-state index in [-0.39, 0.29) is 22.5 Å². The van der Waals surface area contributed by atoms with E-state index in [0.717, 1.165) is 12.8 Å². The summed E-state index contributed by atoms with van der Waals surface area (Å²) in [5, 5.41) is 0. The van der Waals surface area contributed by atoms with E-state index < -0.39 is 15.6 Å². The van der Waals surface area contributed by atoms with Crippen LogP contribution in [-0.4, -0.2) is 38.1 Å². The quantitative estimate of drug-likeness (QED) is 0.836. The van der Waals surface area contributed by atoms with E-state index in [1.807, 2.05) is 0 Å². The Morgan fingerprint density at radius 1 is 1.47 bits per heavy atom. The maximum Gasteiger partial charge on any atom is 0.238 e. The van der Waals surface area contributed by atoms with Crippen molar-refractivity contribution in [1.29, 1.82) is 0 Å². The van der Waals surface area contributed by atoms with Crippen molar-refractivity contribution >= 4 is 37.4 Å². The second kappa shape index (κ2) is 5.13. The van der Waals surface area contributed by atoms with E-state index in [4.69, 9.17) is 5.73 Å². The van der Waals surface area contributed by atoms with Crippen molar-refractivity contribution in [2.24, 2.45) is 0 Å². The Morgan fingerprint density at radius 2 is 2.11 bits per heavy atom. The number of sulfone groups is 1. The molecule has 1 fully saturated rings. The molecule has 7 heteroatoms. The lowest BCUT2D eigenvalue weighted by Gasteiger charge is -2.16. The van der Waals surface area contributed by atoms with Crippen LogP contribution < -0.4 is 5.73 Å². The maximum absolute atomic E-state index is 12.2. The van der Waals surface area contributed by atoms with E-state index in [1.54, 1.807) is 13.1 Å². The van der Waals surface area contributed by atoms with Gasteiger partial charge < -0.3 is 10.6 Å². The molecule has 5 nitrogen and oxygen atoms in total. The van der Waals surface area contributed by atoms with Gasteiger partial charge in [-0.1, -0.05) is 15.9 Å². The summed E-state index contributed by atoms with van der Waals surface area (Å²) >= 11 is 3.21. The molecular weight excluding hydrogens is 332 g/mol. The van der Waals surface area contributed by atoms with Crippen LogP contribution in [0.5, 0.6) is 0 Å². The minimum Gasteiger partial charge on any atom is -0.398 e. The molecule has 104 valence electrons. The summed E-state index contributed by atoms with van der Waals surface area (Å²) < 4.78 is 25.1. The number of halogens is 1. The number of anilines is 1. The lowest BCUT2D eigenvalue weighted by atomic mass is 10.3. The van der Waals surface area contributed by atoms with Crippen LogP contribution in [0.4, 0.5) is 5.69 Å². The smallest absolute Gasteiger partial charge is 0.238 e. The number of benzene rings is 1. The molecule has 2 rings (SSSR count). The van der Waals surface area contributed by atoms with Gasteiger partial charge in [-0.05, 0) is 31.0 Å².